The summed E-state index contributed by atoms with van der Waals surface area (Å²) in [6.07, 6.45) is -5.65. The Kier molecular flexibility index (Phi) is 2.80. The van der Waals surface area contributed by atoms with Gasteiger partial charge in [-0.3, -0.25) is 0 Å². The van der Waals surface area contributed by atoms with Gasteiger partial charge in [0, 0.05) is 0 Å². The van der Waals surface area contributed by atoms with E-state index in [0.29, 0.717) is 19.3 Å². The van der Waals surface area contributed by atoms with Crippen molar-refractivity contribution in [3.63, 3.8) is 0 Å². The lowest BCUT2D eigenvalue weighted by molar-refractivity contribution is -0.207. The first-order chi connectivity index (χ1) is 5.91. The van der Waals surface area contributed by atoms with E-state index in [0.717, 1.165) is 0 Å². The Labute approximate surface area is 72.5 Å². The van der Waals surface area contributed by atoms with Crippen LogP contribution in [0.4, 0.5) is 13.2 Å². The van der Waals surface area contributed by atoms with Gasteiger partial charge in [0.05, 0.1) is 6.10 Å². The summed E-state index contributed by atoms with van der Waals surface area (Å²) in [5.41, 5.74) is 0. The van der Waals surface area contributed by atoms with Gasteiger partial charge in [0.25, 0.3) is 0 Å². The van der Waals surface area contributed by atoms with Crippen LogP contribution in [0.15, 0.2) is 0 Å². The van der Waals surface area contributed by atoms with Gasteiger partial charge in [-0.15, -0.1) is 0 Å². The summed E-state index contributed by atoms with van der Waals surface area (Å²) >= 11 is 0. The molecule has 1 rings (SSSR count). The molecule has 1 aliphatic rings. The topological polar surface area (TPSA) is 46.5 Å². The van der Waals surface area contributed by atoms with Crippen LogP contribution in [0.3, 0.4) is 0 Å². The molecule has 0 radical (unpaired) electrons. The molecule has 1 saturated carbocycles. The van der Waals surface area contributed by atoms with E-state index < -0.39 is 24.4 Å². The van der Waals surface area contributed by atoms with E-state index in [-0.39, 0.29) is 0 Å². The van der Waals surface area contributed by atoms with Crippen molar-refractivity contribution >= 4 is 5.97 Å². The number of halogens is 3. The summed E-state index contributed by atoms with van der Waals surface area (Å²) in [4.78, 5) is 10.3. The summed E-state index contributed by atoms with van der Waals surface area (Å²) in [5.74, 6) is -2.22. The number of rotatable bonds is 1. The monoisotopic (exact) mass is 198 g/mol. The van der Waals surface area contributed by atoms with E-state index in [9.17, 15) is 18.0 Å². The third-order valence-corrected chi connectivity index (χ3v) is 1.91. The first-order valence-electron chi connectivity index (χ1n) is 3.87. The number of carbonyl (C=O) groups is 1. The number of aliphatic hydroxyl groups is 1. The van der Waals surface area contributed by atoms with Crippen LogP contribution in [-0.4, -0.2) is 29.5 Å². The maximum absolute atomic E-state index is 11.7. The van der Waals surface area contributed by atoms with E-state index >= 15 is 0 Å². The molecule has 0 aromatic rings. The lowest BCUT2D eigenvalue weighted by atomic mass is 10.3. The molecule has 1 aliphatic carbocycles. The van der Waals surface area contributed by atoms with Crippen LogP contribution in [0.25, 0.3) is 0 Å². The number of carbonyl (C=O) groups excluding carboxylic acids is 1. The normalized spacial score (nSPS) is 28.9. The molecule has 3 nitrogen and oxygen atoms in total. The Balaban J connectivity index is 2.45. The third-order valence-electron chi connectivity index (χ3n) is 1.91. The van der Waals surface area contributed by atoms with Gasteiger partial charge in [-0.1, -0.05) is 0 Å². The lowest BCUT2D eigenvalue weighted by Gasteiger charge is -2.16. The summed E-state index contributed by atoms with van der Waals surface area (Å²) in [6.45, 7) is 0. The van der Waals surface area contributed by atoms with Gasteiger partial charge in [0.2, 0.25) is 0 Å². The molecular formula is C7H9F3O3. The maximum Gasteiger partial charge on any atom is 0.490 e. The van der Waals surface area contributed by atoms with Crippen molar-refractivity contribution in [2.75, 3.05) is 0 Å². The molecule has 1 N–H and O–H groups in total. The Morgan fingerprint density at radius 1 is 1.38 bits per heavy atom. The van der Waals surface area contributed by atoms with E-state index in [4.69, 9.17) is 5.11 Å². The molecule has 6 heteroatoms. The average molecular weight is 198 g/mol. The molecule has 0 aromatic heterocycles. The molecule has 0 amide bonds. The van der Waals surface area contributed by atoms with Gasteiger partial charge in [0.1, 0.15) is 6.10 Å². The Hall–Kier alpha value is -0.780. The Bertz CT molecular complexity index is 202. The fourth-order valence-electron chi connectivity index (χ4n) is 1.25. The van der Waals surface area contributed by atoms with Crippen LogP contribution in [0.5, 0.6) is 0 Å². The minimum atomic E-state index is -4.97. The largest absolute Gasteiger partial charge is 0.490 e. The molecule has 0 saturated heterocycles. The van der Waals surface area contributed by atoms with Gasteiger partial charge in [-0.25, -0.2) is 4.79 Å². The second kappa shape index (κ2) is 3.53. The Morgan fingerprint density at radius 3 is 2.38 bits per heavy atom. The fourth-order valence-corrected chi connectivity index (χ4v) is 1.25. The summed E-state index contributed by atoms with van der Waals surface area (Å²) < 4.78 is 39.1. The highest BCUT2D eigenvalue weighted by Crippen LogP contribution is 2.25. The molecule has 2 atom stereocenters. The zero-order chi connectivity index (χ0) is 10.1. The van der Waals surface area contributed by atoms with E-state index in [1.54, 1.807) is 0 Å². The predicted molar refractivity (Wildman–Crippen MR) is 35.8 cm³/mol. The predicted octanol–water partition coefficient (Wildman–Crippen LogP) is 1.01. The van der Waals surface area contributed by atoms with Crippen molar-refractivity contribution in [3.05, 3.63) is 0 Å². The van der Waals surface area contributed by atoms with Gasteiger partial charge < -0.3 is 9.84 Å². The smallest absolute Gasteiger partial charge is 0.453 e. The minimum absolute atomic E-state index is 0.295. The van der Waals surface area contributed by atoms with Crippen molar-refractivity contribution in [1.82, 2.24) is 0 Å². The summed E-state index contributed by atoms with van der Waals surface area (Å²) in [6, 6.07) is 0. The first-order valence-corrected chi connectivity index (χ1v) is 3.87. The van der Waals surface area contributed by atoms with Crippen molar-refractivity contribution < 1.29 is 27.8 Å². The molecule has 1 fully saturated rings. The van der Waals surface area contributed by atoms with Gasteiger partial charge in [0.15, 0.2) is 0 Å². The second-order valence-corrected chi connectivity index (χ2v) is 2.94. The van der Waals surface area contributed by atoms with Crippen LogP contribution in [-0.2, 0) is 9.53 Å². The molecule has 0 aromatic carbocycles. The van der Waals surface area contributed by atoms with Crippen molar-refractivity contribution in [1.29, 1.82) is 0 Å². The molecule has 13 heavy (non-hydrogen) atoms. The summed E-state index contributed by atoms with van der Waals surface area (Å²) in [5, 5.41) is 9.06. The summed E-state index contributed by atoms with van der Waals surface area (Å²) in [7, 11) is 0. The number of esters is 1. The number of aliphatic hydroxyl groups excluding tert-OH is 1. The maximum atomic E-state index is 11.7. The van der Waals surface area contributed by atoms with Crippen molar-refractivity contribution in [2.24, 2.45) is 0 Å². The van der Waals surface area contributed by atoms with Crippen LogP contribution in [0.1, 0.15) is 19.3 Å². The van der Waals surface area contributed by atoms with Gasteiger partial charge in [-0.05, 0) is 19.3 Å². The number of hydrogen-bond donors (Lipinski definition) is 1. The zero-order valence-corrected chi connectivity index (χ0v) is 6.67. The quantitative estimate of drug-likeness (QED) is 0.639. The van der Waals surface area contributed by atoms with E-state index in [1.807, 2.05) is 0 Å². The highest BCUT2D eigenvalue weighted by molar-refractivity contribution is 5.75. The fraction of sp³-hybridized carbons (Fsp3) is 0.857. The van der Waals surface area contributed by atoms with E-state index in [2.05, 4.69) is 4.74 Å². The number of hydrogen-bond acceptors (Lipinski definition) is 3. The van der Waals surface area contributed by atoms with Crippen LogP contribution in [0, 0.1) is 0 Å². The highest BCUT2D eigenvalue weighted by atomic mass is 19.4. The van der Waals surface area contributed by atoms with Crippen LogP contribution < -0.4 is 0 Å². The molecule has 2 unspecified atom stereocenters. The molecule has 0 spiro atoms. The van der Waals surface area contributed by atoms with Crippen LogP contribution in [0.2, 0.25) is 0 Å². The molecule has 76 valence electrons. The Morgan fingerprint density at radius 2 is 2.00 bits per heavy atom. The number of alkyl halides is 3. The average Bonchev–Trinajstić information content (AvgIpc) is 2.34. The van der Waals surface area contributed by atoms with Gasteiger partial charge in [-0.2, -0.15) is 13.2 Å². The lowest BCUT2D eigenvalue weighted by Crippen LogP contribution is -2.33. The van der Waals surface area contributed by atoms with E-state index in [1.165, 1.54) is 0 Å². The molecule has 0 bridgehead atoms. The molecule has 0 heterocycles. The standard InChI is InChI=1S/C7H9F3O3/c8-7(9,10)6(12)13-5-3-1-2-4(5)11/h4-5,11H,1-3H2. The highest BCUT2D eigenvalue weighted by Gasteiger charge is 2.43. The number of ether oxygens (including phenoxy) is 1. The van der Waals surface area contributed by atoms with Crippen molar-refractivity contribution in [3.8, 4) is 0 Å². The van der Waals surface area contributed by atoms with Gasteiger partial charge >= 0.3 is 12.1 Å². The SMILES string of the molecule is O=C(OC1CCCC1O)C(F)(F)F. The minimum Gasteiger partial charge on any atom is -0.453 e. The zero-order valence-electron chi connectivity index (χ0n) is 6.67. The second-order valence-electron chi connectivity index (χ2n) is 2.94. The molecular weight excluding hydrogens is 189 g/mol. The first kappa shape index (κ1) is 10.3. The molecule has 0 aliphatic heterocycles. The third kappa shape index (κ3) is 2.58. The van der Waals surface area contributed by atoms with Crippen LogP contribution >= 0.6 is 0 Å². The van der Waals surface area contributed by atoms with Crippen molar-refractivity contribution in [2.45, 2.75) is 37.6 Å².